The smallest absolute Gasteiger partial charge is 0.0534 e. The van der Waals surface area contributed by atoms with Gasteiger partial charge in [0.25, 0.3) is 0 Å². The molecule has 0 fully saturated rings. The number of likely N-dealkylation sites (N-methyl/N-ethyl adjacent to an activating group) is 1. The Morgan fingerprint density at radius 1 is 1.41 bits per heavy atom. The molecule has 1 heterocycles. The third-order valence-electron chi connectivity index (χ3n) is 3.17. The minimum Gasteiger partial charge on any atom is -0.313 e. The Bertz CT molecular complexity index is 319. The molecule has 0 saturated carbocycles. The molecule has 1 aromatic rings. The van der Waals surface area contributed by atoms with Crippen molar-refractivity contribution in [1.82, 2.24) is 20.0 Å². The molecule has 1 atom stereocenters. The number of nitrogens with one attached hydrogen (secondary N) is 1. The average molecular weight is 238 g/mol. The summed E-state index contributed by atoms with van der Waals surface area (Å²) in [5, 5.41) is 7.72. The zero-order valence-corrected chi connectivity index (χ0v) is 11.8. The topological polar surface area (TPSA) is 33.1 Å². The molecule has 0 aliphatic heterocycles. The minimum absolute atomic E-state index is 0.585. The van der Waals surface area contributed by atoms with E-state index in [2.05, 4.69) is 49.3 Å². The van der Waals surface area contributed by atoms with E-state index in [1.54, 1.807) is 0 Å². The normalized spacial score (nSPS) is 13.6. The molecule has 0 spiro atoms. The summed E-state index contributed by atoms with van der Waals surface area (Å²) in [4.78, 5) is 2.32. The molecule has 1 unspecified atom stereocenters. The lowest BCUT2D eigenvalue weighted by Crippen LogP contribution is -2.36. The van der Waals surface area contributed by atoms with Gasteiger partial charge < -0.3 is 10.2 Å². The molecule has 98 valence electrons. The standard InChI is InChI=1S/C13H26N4/c1-11(2)12(3)14-6-7-16(4)9-13-8-15-17(5)10-13/h8,10-12,14H,6-7,9H2,1-5H3. The fraction of sp³-hybridized carbons (Fsp3) is 0.769. The molecule has 4 heteroatoms. The number of rotatable bonds is 7. The van der Waals surface area contributed by atoms with Gasteiger partial charge in [0, 0.05) is 44.5 Å². The Morgan fingerprint density at radius 2 is 2.12 bits per heavy atom. The molecule has 0 amide bonds. The van der Waals surface area contributed by atoms with Crippen molar-refractivity contribution in [3.63, 3.8) is 0 Å². The van der Waals surface area contributed by atoms with Gasteiger partial charge in [0.15, 0.2) is 0 Å². The van der Waals surface area contributed by atoms with Crippen LogP contribution < -0.4 is 5.32 Å². The van der Waals surface area contributed by atoms with E-state index in [0.717, 1.165) is 19.6 Å². The summed E-state index contributed by atoms with van der Waals surface area (Å²) in [6, 6.07) is 0.585. The summed E-state index contributed by atoms with van der Waals surface area (Å²) in [5.41, 5.74) is 1.27. The molecule has 0 aromatic carbocycles. The van der Waals surface area contributed by atoms with Crippen LogP contribution in [0.1, 0.15) is 26.3 Å². The van der Waals surface area contributed by atoms with Gasteiger partial charge in [-0.15, -0.1) is 0 Å². The maximum atomic E-state index is 4.18. The Hall–Kier alpha value is -0.870. The predicted octanol–water partition coefficient (Wildman–Crippen LogP) is 1.49. The molecule has 1 N–H and O–H groups in total. The maximum absolute atomic E-state index is 4.18. The molecule has 0 radical (unpaired) electrons. The minimum atomic E-state index is 0.585. The molecule has 1 aromatic heterocycles. The van der Waals surface area contributed by atoms with Gasteiger partial charge >= 0.3 is 0 Å². The van der Waals surface area contributed by atoms with Crippen LogP contribution in [0.4, 0.5) is 0 Å². The number of aromatic nitrogens is 2. The van der Waals surface area contributed by atoms with Crippen LogP contribution in [0.3, 0.4) is 0 Å². The zero-order valence-electron chi connectivity index (χ0n) is 11.8. The van der Waals surface area contributed by atoms with Gasteiger partial charge in [0.1, 0.15) is 0 Å². The Kier molecular flexibility index (Phi) is 5.65. The van der Waals surface area contributed by atoms with Crippen LogP contribution in [-0.2, 0) is 13.6 Å². The lowest BCUT2D eigenvalue weighted by Gasteiger charge is -2.20. The summed E-state index contributed by atoms with van der Waals surface area (Å²) < 4.78 is 1.85. The van der Waals surface area contributed by atoms with Crippen LogP contribution >= 0.6 is 0 Å². The van der Waals surface area contributed by atoms with Gasteiger partial charge in [-0.25, -0.2) is 0 Å². The van der Waals surface area contributed by atoms with Gasteiger partial charge in [-0.3, -0.25) is 4.68 Å². The lowest BCUT2D eigenvalue weighted by atomic mass is 10.1. The summed E-state index contributed by atoms with van der Waals surface area (Å²) in [7, 11) is 4.10. The Labute approximate surface area is 105 Å². The van der Waals surface area contributed by atoms with Crippen molar-refractivity contribution >= 4 is 0 Å². The molecule has 0 aliphatic rings. The van der Waals surface area contributed by atoms with E-state index in [1.807, 2.05) is 17.9 Å². The maximum Gasteiger partial charge on any atom is 0.0534 e. The zero-order chi connectivity index (χ0) is 12.8. The predicted molar refractivity (Wildman–Crippen MR) is 71.8 cm³/mol. The van der Waals surface area contributed by atoms with E-state index in [0.29, 0.717) is 12.0 Å². The highest BCUT2D eigenvalue weighted by atomic mass is 15.2. The van der Waals surface area contributed by atoms with Gasteiger partial charge in [0.2, 0.25) is 0 Å². The summed E-state index contributed by atoms with van der Waals surface area (Å²) in [6.07, 6.45) is 4.00. The van der Waals surface area contributed by atoms with Crippen molar-refractivity contribution in [2.24, 2.45) is 13.0 Å². The molecule has 17 heavy (non-hydrogen) atoms. The second-order valence-electron chi connectivity index (χ2n) is 5.25. The van der Waals surface area contributed by atoms with Crippen molar-refractivity contribution in [2.75, 3.05) is 20.1 Å². The van der Waals surface area contributed by atoms with Crippen molar-refractivity contribution in [3.8, 4) is 0 Å². The van der Waals surface area contributed by atoms with Gasteiger partial charge in [-0.1, -0.05) is 13.8 Å². The number of hydrogen-bond donors (Lipinski definition) is 1. The largest absolute Gasteiger partial charge is 0.313 e. The van der Waals surface area contributed by atoms with E-state index in [4.69, 9.17) is 0 Å². The quantitative estimate of drug-likeness (QED) is 0.781. The van der Waals surface area contributed by atoms with Crippen LogP contribution in [0.15, 0.2) is 12.4 Å². The highest BCUT2D eigenvalue weighted by molar-refractivity contribution is 5.02. The lowest BCUT2D eigenvalue weighted by molar-refractivity contribution is 0.308. The van der Waals surface area contributed by atoms with Crippen molar-refractivity contribution in [3.05, 3.63) is 18.0 Å². The monoisotopic (exact) mass is 238 g/mol. The average Bonchev–Trinajstić information content (AvgIpc) is 2.63. The molecule has 1 rings (SSSR count). The van der Waals surface area contributed by atoms with Crippen LogP contribution in [0.5, 0.6) is 0 Å². The van der Waals surface area contributed by atoms with Crippen LogP contribution in [0.25, 0.3) is 0 Å². The van der Waals surface area contributed by atoms with Gasteiger partial charge in [0.05, 0.1) is 6.20 Å². The number of nitrogens with zero attached hydrogens (tertiary/aromatic N) is 3. The molecule has 0 aliphatic carbocycles. The van der Waals surface area contributed by atoms with Crippen molar-refractivity contribution in [2.45, 2.75) is 33.4 Å². The van der Waals surface area contributed by atoms with Crippen LogP contribution in [0, 0.1) is 5.92 Å². The van der Waals surface area contributed by atoms with E-state index >= 15 is 0 Å². The van der Waals surface area contributed by atoms with Crippen LogP contribution in [-0.4, -0.2) is 40.9 Å². The van der Waals surface area contributed by atoms with E-state index in [1.165, 1.54) is 5.56 Å². The van der Waals surface area contributed by atoms with E-state index in [9.17, 15) is 0 Å². The molecule has 4 nitrogen and oxygen atoms in total. The Morgan fingerprint density at radius 3 is 2.65 bits per heavy atom. The fourth-order valence-corrected chi connectivity index (χ4v) is 1.66. The SMILES string of the molecule is CC(C)C(C)NCCN(C)Cc1cnn(C)c1. The fourth-order valence-electron chi connectivity index (χ4n) is 1.66. The van der Waals surface area contributed by atoms with Crippen molar-refractivity contribution < 1.29 is 0 Å². The highest BCUT2D eigenvalue weighted by Crippen LogP contribution is 2.01. The second-order valence-corrected chi connectivity index (χ2v) is 5.25. The first-order valence-electron chi connectivity index (χ1n) is 6.38. The third-order valence-corrected chi connectivity index (χ3v) is 3.17. The third kappa shape index (κ3) is 5.33. The van der Waals surface area contributed by atoms with Gasteiger partial charge in [-0.05, 0) is 19.9 Å². The number of hydrogen-bond acceptors (Lipinski definition) is 3. The molecular formula is C13H26N4. The Balaban J connectivity index is 2.19. The molecule has 0 bridgehead atoms. The van der Waals surface area contributed by atoms with E-state index < -0.39 is 0 Å². The van der Waals surface area contributed by atoms with Crippen LogP contribution in [0.2, 0.25) is 0 Å². The molecule has 0 saturated heterocycles. The summed E-state index contributed by atoms with van der Waals surface area (Å²) >= 11 is 0. The first kappa shape index (κ1) is 14.2. The van der Waals surface area contributed by atoms with E-state index in [-0.39, 0.29) is 0 Å². The number of aryl methyl sites for hydroxylation is 1. The highest BCUT2D eigenvalue weighted by Gasteiger charge is 2.06. The van der Waals surface area contributed by atoms with Gasteiger partial charge in [-0.2, -0.15) is 5.10 Å². The summed E-state index contributed by atoms with van der Waals surface area (Å²) in [5.74, 6) is 0.693. The summed E-state index contributed by atoms with van der Waals surface area (Å²) in [6.45, 7) is 9.80. The molecular weight excluding hydrogens is 212 g/mol. The second kappa shape index (κ2) is 6.77. The first-order chi connectivity index (χ1) is 7.99. The van der Waals surface area contributed by atoms with Crippen molar-refractivity contribution in [1.29, 1.82) is 0 Å². The first-order valence-corrected chi connectivity index (χ1v) is 6.38.